The van der Waals surface area contributed by atoms with Crippen molar-refractivity contribution in [2.75, 3.05) is 31.1 Å². The highest BCUT2D eigenvalue weighted by molar-refractivity contribution is 6.01. The third-order valence-corrected chi connectivity index (χ3v) is 4.02. The van der Waals surface area contributed by atoms with E-state index in [2.05, 4.69) is 14.9 Å². The van der Waals surface area contributed by atoms with Gasteiger partial charge in [-0.25, -0.2) is 9.97 Å². The summed E-state index contributed by atoms with van der Waals surface area (Å²) >= 11 is 0. The first kappa shape index (κ1) is 16.7. The van der Waals surface area contributed by atoms with Gasteiger partial charge in [0.1, 0.15) is 29.0 Å². The van der Waals surface area contributed by atoms with E-state index in [9.17, 15) is 10.1 Å². The summed E-state index contributed by atoms with van der Waals surface area (Å²) in [6.45, 7) is 6.23. The van der Waals surface area contributed by atoms with Gasteiger partial charge in [-0.15, -0.1) is 0 Å². The Kier molecular flexibility index (Phi) is 4.80. The number of nitrogens with zero attached hydrogens (tertiary/aromatic N) is 5. The fraction of sp³-hybridized carbons (Fsp3) is 0.333. The van der Waals surface area contributed by atoms with Crippen molar-refractivity contribution in [3.63, 3.8) is 0 Å². The van der Waals surface area contributed by atoms with Gasteiger partial charge >= 0.3 is 0 Å². The van der Waals surface area contributed by atoms with Crippen molar-refractivity contribution in [3.8, 4) is 6.07 Å². The van der Waals surface area contributed by atoms with Crippen LogP contribution in [0.3, 0.4) is 0 Å². The number of rotatable bonds is 3. The number of aromatic nitrogens is 2. The molecule has 0 spiro atoms. The van der Waals surface area contributed by atoms with Gasteiger partial charge in [-0.05, 0) is 26.0 Å². The quantitative estimate of drug-likeness (QED) is 0.628. The summed E-state index contributed by atoms with van der Waals surface area (Å²) < 4.78 is 5.18. The van der Waals surface area contributed by atoms with Gasteiger partial charge in [0.25, 0.3) is 5.91 Å². The monoisotopic (exact) mass is 337 g/mol. The Hall–Kier alpha value is -3.14. The first-order valence-electron chi connectivity index (χ1n) is 8.08. The molecule has 1 fully saturated rings. The molecule has 3 rings (SSSR count). The van der Waals surface area contributed by atoms with Gasteiger partial charge < -0.3 is 14.2 Å². The number of hydrogen-bond donors (Lipinski definition) is 0. The molecule has 128 valence electrons. The molecule has 2 aromatic rings. The number of aryl methyl sites for hydroxylation is 2. The van der Waals surface area contributed by atoms with Crippen LogP contribution in [0.15, 0.2) is 34.5 Å². The second kappa shape index (κ2) is 7.18. The molecule has 7 nitrogen and oxygen atoms in total. The number of amides is 1. The normalized spacial score (nSPS) is 15.2. The molecular formula is C18H19N5O2. The van der Waals surface area contributed by atoms with E-state index in [-0.39, 0.29) is 11.5 Å². The molecule has 0 saturated carbocycles. The second-order valence-electron chi connectivity index (χ2n) is 5.88. The largest absolute Gasteiger partial charge is 0.465 e. The van der Waals surface area contributed by atoms with Crippen molar-refractivity contribution >= 4 is 17.8 Å². The first-order chi connectivity index (χ1) is 12.1. The van der Waals surface area contributed by atoms with Gasteiger partial charge in [0.05, 0.1) is 6.26 Å². The molecule has 0 bridgehead atoms. The Morgan fingerprint density at radius 1 is 1.28 bits per heavy atom. The summed E-state index contributed by atoms with van der Waals surface area (Å²) in [5, 5.41) is 9.28. The van der Waals surface area contributed by atoms with Gasteiger partial charge in [0.15, 0.2) is 0 Å². The van der Waals surface area contributed by atoms with E-state index in [0.29, 0.717) is 31.9 Å². The second-order valence-corrected chi connectivity index (χ2v) is 5.88. The molecule has 0 unspecified atom stereocenters. The molecule has 0 aliphatic carbocycles. The van der Waals surface area contributed by atoms with E-state index in [0.717, 1.165) is 17.3 Å². The average Bonchev–Trinajstić information content (AvgIpc) is 3.11. The summed E-state index contributed by atoms with van der Waals surface area (Å²) in [5.74, 6) is 1.84. The lowest BCUT2D eigenvalue weighted by molar-refractivity contribution is -0.126. The number of piperazine rings is 1. The fourth-order valence-electron chi connectivity index (χ4n) is 2.83. The molecule has 1 aliphatic rings. The summed E-state index contributed by atoms with van der Waals surface area (Å²) in [6, 6.07) is 7.35. The van der Waals surface area contributed by atoms with Crippen LogP contribution in [0.1, 0.15) is 17.3 Å². The Balaban J connectivity index is 1.67. The van der Waals surface area contributed by atoms with E-state index < -0.39 is 0 Å². The van der Waals surface area contributed by atoms with Gasteiger partial charge in [-0.2, -0.15) is 5.26 Å². The zero-order valence-corrected chi connectivity index (χ0v) is 14.3. The van der Waals surface area contributed by atoms with E-state index in [4.69, 9.17) is 4.42 Å². The first-order valence-corrected chi connectivity index (χ1v) is 8.08. The zero-order chi connectivity index (χ0) is 17.8. The molecule has 0 aromatic carbocycles. The fourth-order valence-corrected chi connectivity index (χ4v) is 2.83. The van der Waals surface area contributed by atoms with Crippen molar-refractivity contribution < 1.29 is 9.21 Å². The molecule has 0 atom stereocenters. The lowest BCUT2D eigenvalue weighted by atomic mass is 10.2. The molecule has 7 heteroatoms. The van der Waals surface area contributed by atoms with E-state index in [1.54, 1.807) is 17.0 Å². The van der Waals surface area contributed by atoms with Crippen molar-refractivity contribution in [1.82, 2.24) is 14.9 Å². The highest BCUT2D eigenvalue weighted by atomic mass is 16.3. The Morgan fingerprint density at radius 3 is 2.64 bits per heavy atom. The number of carbonyl (C=O) groups excluding carboxylic acids is 1. The van der Waals surface area contributed by atoms with Crippen molar-refractivity contribution in [2.45, 2.75) is 13.8 Å². The predicted octanol–water partition coefficient (Wildman–Crippen LogP) is 1.94. The molecule has 2 aromatic heterocycles. The summed E-state index contributed by atoms with van der Waals surface area (Å²) in [6.07, 6.45) is 2.99. The van der Waals surface area contributed by atoms with E-state index in [1.165, 1.54) is 12.3 Å². The highest BCUT2D eigenvalue weighted by Gasteiger charge is 2.24. The maximum absolute atomic E-state index is 12.6. The van der Waals surface area contributed by atoms with Crippen LogP contribution in [-0.2, 0) is 4.79 Å². The van der Waals surface area contributed by atoms with Gasteiger partial charge in [-0.1, -0.05) is 0 Å². The number of carbonyl (C=O) groups is 1. The number of anilines is 1. The molecule has 0 radical (unpaired) electrons. The average molecular weight is 337 g/mol. The summed E-state index contributed by atoms with van der Waals surface area (Å²) in [5.41, 5.74) is 1.01. The minimum atomic E-state index is -0.270. The molecule has 1 aliphatic heterocycles. The Bertz CT molecular complexity index is 807. The van der Waals surface area contributed by atoms with Gasteiger partial charge in [0, 0.05) is 44.0 Å². The van der Waals surface area contributed by atoms with Crippen molar-refractivity contribution in [1.29, 1.82) is 5.26 Å². The lowest BCUT2D eigenvalue weighted by Gasteiger charge is -2.35. The van der Waals surface area contributed by atoms with Crippen molar-refractivity contribution in [2.24, 2.45) is 0 Å². The van der Waals surface area contributed by atoms with Crippen LogP contribution >= 0.6 is 0 Å². The van der Waals surface area contributed by atoms with Gasteiger partial charge in [0.2, 0.25) is 0 Å². The number of nitriles is 1. The van der Waals surface area contributed by atoms with Crippen LogP contribution in [0.2, 0.25) is 0 Å². The van der Waals surface area contributed by atoms with E-state index >= 15 is 0 Å². The van der Waals surface area contributed by atoms with Crippen LogP contribution < -0.4 is 4.90 Å². The van der Waals surface area contributed by atoms with Crippen LogP contribution in [0.5, 0.6) is 0 Å². The number of furan rings is 1. The highest BCUT2D eigenvalue weighted by Crippen LogP contribution is 2.17. The summed E-state index contributed by atoms with van der Waals surface area (Å²) in [4.78, 5) is 25.1. The third kappa shape index (κ3) is 3.86. The summed E-state index contributed by atoms with van der Waals surface area (Å²) in [7, 11) is 0. The van der Waals surface area contributed by atoms with Gasteiger partial charge in [-0.3, -0.25) is 4.79 Å². The van der Waals surface area contributed by atoms with Crippen LogP contribution in [-0.4, -0.2) is 47.0 Å². The molecule has 25 heavy (non-hydrogen) atoms. The topological polar surface area (TPSA) is 86.3 Å². The zero-order valence-electron chi connectivity index (χ0n) is 14.3. The van der Waals surface area contributed by atoms with Crippen molar-refractivity contribution in [3.05, 3.63) is 47.3 Å². The van der Waals surface area contributed by atoms with Crippen LogP contribution in [0.25, 0.3) is 6.08 Å². The van der Waals surface area contributed by atoms with Crippen LogP contribution in [0, 0.1) is 25.2 Å². The smallest absolute Gasteiger partial charge is 0.264 e. The molecule has 3 heterocycles. The molecule has 1 saturated heterocycles. The lowest BCUT2D eigenvalue weighted by Crippen LogP contribution is -2.49. The molecular weight excluding hydrogens is 318 g/mol. The van der Waals surface area contributed by atoms with Crippen LogP contribution in [0.4, 0.5) is 5.82 Å². The molecule has 0 N–H and O–H groups in total. The SMILES string of the molecule is Cc1cc(N2CCN(C(=O)/C(C#N)=C/c3ccco3)CC2)nc(C)n1. The Labute approximate surface area is 146 Å². The third-order valence-electron chi connectivity index (χ3n) is 4.02. The Morgan fingerprint density at radius 2 is 2.04 bits per heavy atom. The minimum absolute atomic E-state index is 0.0807. The predicted molar refractivity (Wildman–Crippen MR) is 92.6 cm³/mol. The maximum atomic E-state index is 12.6. The number of hydrogen-bond acceptors (Lipinski definition) is 6. The minimum Gasteiger partial charge on any atom is -0.465 e. The van der Waals surface area contributed by atoms with E-state index in [1.807, 2.05) is 26.0 Å². The molecule has 1 amide bonds. The maximum Gasteiger partial charge on any atom is 0.264 e. The standard InChI is InChI=1S/C18H19N5O2/c1-13-10-17(21-14(2)20-13)22-5-7-23(8-6-22)18(24)15(12-19)11-16-4-3-9-25-16/h3-4,9-11H,5-8H2,1-2H3/b15-11+.